The minimum atomic E-state index is -1.76. The number of carboxylic acid groups (broad SMARTS) is 1. The van der Waals surface area contributed by atoms with Gasteiger partial charge in [0.05, 0.1) is 0 Å². The number of nitrogens with two attached hydrogens (primary N) is 2. The molecule has 0 saturated carbocycles. The first-order valence-corrected chi connectivity index (χ1v) is 2.75. The fourth-order valence-electron chi connectivity index (χ4n) is 0.405. The van der Waals surface area contributed by atoms with Crippen LogP contribution in [0.15, 0.2) is 0 Å². The lowest BCUT2D eigenvalue weighted by Gasteiger charge is -2.16. The average Bonchev–Trinajstić information content (AvgIpc) is 1.84. The van der Waals surface area contributed by atoms with E-state index in [2.05, 4.69) is 0 Å². The molecule has 0 rings (SSSR count). The highest BCUT2D eigenvalue weighted by Gasteiger charge is 2.27. The molecule has 0 aliphatic carbocycles. The third-order valence-electron chi connectivity index (χ3n) is 1.07. The first-order valence-electron chi connectivity index (χ1n) is 2.75. The Morgan fingerprint density at radius 2 is 2.00 bits per heavy atom. The summed E-state index contributed by atoms with van der Waals surface area (Å²) < 4.78 is 0. The van der Waals surface area contributed by atoms with Crippen molar-refractivity contribution in [2.24, 2.45) is 11.5 Å². The van der Waals surface area contributed by atoms with E-state index in [-0.39, 0.29) is 25.2 Å². The third kappa shape index (κ3) is 4.72. The van der Waals surface area contributed by atoms with E-state index in [9.17, 15) is 9.59 Å². The molecule has 66 valence electrons. The summed E-state index contributed by atoms with van der Waals surface area (Å²) in [5.41, 5.74) is 8.37. The monoisotopic (exact) mass is 182 g/mol. The predicted molar refractivity (Wildman–Crippen MR) is 41.3 cm³/mol. The van der Waals surface area contributed by atoms with Gasteiger partial charge in [-0.3, -0.25) is 0 Å². The van der Waals surface area contributed by atoms with E-state index >= 15 is 0 Å². The molecule has 0 bridgehead atoms. The quantitative estimate of drug-likeness (QED) is 0.385. The second-order valence-electron chi connectivity index (χ2n) is 2.05. The number of carbonyl (C=O) groups is 2. The highest BCUT2D eigenvalue weighted by Crippen LogP contribution is 1.99. The van der Waals surface area contributed by atoms with E-state index < -0.39 is 11.6 Å². The van der Waals surface area contributed by atoms with Gasteiger partial charge in [-0.2, -0.15) is 0 Å². The molecular formula is C5H11ClN2O3. The van der Waals surface area contributed by atoms with Crippen molar-refractivity contribution < 1.29 is 14.7 Å². The van der Waals surface area contributed by atoms with Gasteiger partial charge in [-0.05, 0) is 6.42 Å². The van der Waals surface area contributed by atoms with Crippen LogP contribution in [0.2, 0.25) is 0 Å². The van der Waals surface area contributed by atoms with Gasteiger partial charge in [0.25, 0.3) is 0 Å². The van der Waals surface area contributed by atoms with Crippen molar-refractivity contribution in [2.75, 3.05) is 0 Å². The maximum atomic E-state index is 10.2. The number of rotatable bonds is 4. The van der Waals surface area contributed by atoms with E-state index in [0.29, 0.717) is 6.29 Å². The van der Waals surface area contributed by atoms with E-state index in [0.717, 1.165) is 0 Å². The summed E-state index contributed by atoms with van der Waals surface area (Å²) in [7, 11) is 0. The second-order valence-corrected chi connectivity index (χ2v) is 2.05. The zero-order chi connectivity index (χ0) is 8.20. The maximum absolute atomic E-state index is 10.2. The molecule has 0 spiro atoms. The lowest BCUT2D eigenvalue weighted by Crippen LogP contribution is -2.56. The number of aldehydes is 1. The summed E-state index contributed by atoms with van der Waals surface area (Å²) in [5.74, 6) is -1.30. The first-order chi connectivity index (χ1) is 4.50. The Morgan fingerprint density at radius 3 is 2.27 bits per heavy atom. The van der Waals surface area contributed by atoms with Crippen LogP contribution >= 0.6 is 12.4 Å². The van der Waals surface area contributed by atoms with Crippen LogP contribution in [0.1, 0.15) is 12.8 Å². The summed E-state index contributed by atoms with van der Waals surface area (Å²) in [6.07, 6.45) is 0.614. The number of halogens is 1. The van der Waals surface area contributed by atoms with Gasteiger partial charge in [0.2, 0.25) is 0 Å². The number of hydrogen-bond acceptors (Lipinski definition) is 4. The maximum Gasteiger partial charge on any atom is 0.338 e. The SMILES string of the molecule is Cl.NC(N)(CCC=O)C(=O)O. The topological polar surface area (TPSA) is 106 Å². The van der Waals surface area contributed by atoms with Crippen LogP contribution < -0.4 is 11.5 Å². The van der Waals surface area contributed by atoms with Gasteiger partial charge in [0.15, 0.2) is 5.66 Å². The standard InChI is InChI=1S/C5H10N2O3.ClH/c6-5(7,4(9)10)2-1-3-8;/h3H,1-2,6-7H2,(H,9,10);1H. The zero-order valence-corrected chi connectivity index (χ0v) is 6.63. The lowest BCUT2D eigenvalue weighted by atomic mass is 10.1. The summed E-state index contributed by atoms with van der Waals surface area (Å²) in [5, 5.41) is 8.30. The molecule has 6 heteroatoms. The smallest absolute Gasteiger partial charge is 0.338 e. The molecule has 0 unspecified atom stereocenters. The summed E-state index contributed by atoms with van der Waals surface area (Å²) in [4.78, 5) is 19.9. The number of carboxylic acids is 1. The van der Waals surface area contributed by atoms with Crippen LogP contribution in [-0.4, -0.2) is 23.0 Å². The molecule has 0 aliphatic rings. The van der Waals surface area contributed by atoms with Crippen LogP contribution in [-0.2, 0) is 9.59 Å². The summed E-state index contributed by atoms with van der Waals surface area (Å²) >= 11 is 0. The Morgan fingerprint density at radius 1 is 1.55 bits per heavy atom. The Bertz CT molecular complexity index is 149. The molecule has 0 amide bonds. The van der Waals surface area contributed by atoms with Crippen LogP contribution in [0.4, 0.5) is 0 Å². The molecule has 5 N–H and O–H groups in total. The molecule has 0 aliphatic heterocycles. The third-order valence-corrected chi connectivity index (χ3v) is 1.07. The van der Waals surface area contributed by atoms with Crippen molar-refractivity contribution in [3.05, 3.63) is 0 Å². The van der Waals surface area contributed by atoms with Crippen molar-refractivity contribution in [2.45, 2.75) is 18.5 Å². The Hall–Kier alpha value is -0.650. The molecular weight excluding hydrogens is 172 g/mol. The van der Waals surface area contributed by atoms with Crippen LogP contribution in [0.3, 0.4) is 0 Å². The summed E-state index contributed by atoms with van der Waals surface area (Å²) in [6, 6.07) is 0. The van der Waals surface area contributed by atoms with Gasteiger partial charge in [0.1, 0.15) is 6.29 Å². The zero-order valence-electron chi connectivity index (χ0n) is 5.82. The van der Waals surface area contributed by atoms with Crippen LogP contribution in [0, 0.1) is 0 Å². The summed E-state index contributed by atoms with van der Waals surface area (Å²) in [6.45, 7) is 0. The van der Waals surface area contributed by atoms with Crippen LogP contribution in [0.25, 0.3) is 0 Å². The minimum Gasteiger partial charge on any atom is -0.479 e. The fourth-order valence-corrected chi connectivity index (χ4v) is 0.405. The Balaban J connectivity index is 0. The molecule has 0 atom stereocenters. The predicted octanol–water partition coefficient (Wildman–Crippen LogP) is -0.914. The van der Waals surface area contributed by atoms with Gasteiger partial charge in [-0.15, -0.1) is 12.4 Å². The molecule has 0 fully saturated rings. The van der Waals surface area contributed by atoms with Crippen molar-refractivity contribution in [1.29, 1.82) is 0 Å². The highest BCUT2D eigenvalue weighted by molar-refractivity contribution is 5.85. The minimum absolute atomic E-state index is 0. The van der Waals surface area contributed by atoms with E-state index in [1.54, 1.807) is 0 Å². The van der Waals surface area contributed by atoms with Crippen molar-refractivity contribution in [3.8, 4) is 0 Å². The molecule has 0 aromatic heterocycles. The number of aliphatic carboxylic acids is 1. The van der Waals surface area contributed by atoms with Gasteiger partial charge in [-0.25, -0.2) is 4.79 Å². The van der Waals surface area contributed by atoms with Crippen molar-refractivity contribution in [3.63, 3.8) is 0 Å². The van der Waals surface area contributed by atoms with E-state index in [1.807, 2.05) is 0 Å². The first kappa shape index (κ1) is 13.0. The average molecular weight is 183 g/mol. The number of hydrogen-bond donors (Lipinski definition) is 3. The number of carbonyl (C=O) groups excluding carboxylic acids is 1. The van der Waals surface area contributed by atoms with E-state index in [1.165, 1.54) is 0 Å². The van der Waals surface area contributed by atoms with Crippen molar-refractivity contribution >= 4 is 24.7 Å². The van der Waals surface area contributed by atoms with Gasteiger partial charge < -0.3 is 21.4 Å². The molecule has 0 saturated heterocycles. The molecule has 5 nitrogen and oxygen atoms in total. The molecule has 0 aromatic rings. The van der Waals surface area contributed by atoms with E-state index in [4.69, 9.17) is 16.6 Å². The second kappa shape index (κ2) is 5.06. The Kier molecular flexibility index (Phi) is 5.97. The fraction of sp³-hybridized carbons (Fsp3) is 0.600. The molecule has 0 heterocycles. The molecule has 0 radical (unpaired) electrons. The highest BCUT2D eigenvalue weighted by atomic mass is 35.5. The Labute approximate surface area is 70.1 Å². The van der Waals surface area contributed by atoms with Crippen LogP contribution in [0.5, 0.6) is 0 Å². The van der Waals surface area contributed by atoms with Gasteiger partial charge in [0, 0.05) is 6.42 Å². The lowest BCUT2D eigenvalue weighted by molar-refractivity contribution is -0.143. The van der Waals surface area contributed by atoms with Gasteiger partial charge >= 0.3 is 5.97 Å². The van der Waals surface area contributed by atoms with Gasteiger partial charge in [-0.1, -0.05) is 0 Å². The van der Waals surface area contributed by atoms with Crippen molar-refractivity contribution in [1.82, 2.24) is 0 Å². The largest absolute Gasteiger partial charge is 0.479 e. The molecule has 0 aromatic carbocycles. The normalized spacial score (nSPS) is 10.0. The molecule has 11 heavy (non-hydrogen) atoms.